The third kappa shape index (κ3) is 3.68. The molecule has 0 unspecified atom stereocenters. The number of sulfonamides is 1. The molecule has 0 saturated heterocycles. The van der Waals surface area contributed by atoms with Crippen molar-refractivity contribution in [3.05, 3.63) is 72.1 Å². The van der Waals surface area contributed by atoms with Crippen LogP contribution in [-0.2, 0) is 10.0 Å². The summed E-state index contributed by atoms with van der Waals surface area (Å²) >= 11 is 1.36. The lowest BCUT2D eigenvalue weighted by atomic mass is 10.1. The summed E-state index contributed by atoms with van der Waals surface area (Å²) < 4.78 is 33.7. The Hall–Kier alpha value is -2.97. The average Bonchev–Trinajstić information content (AvgIpc) is 3.05. The fourth-order valence-corrected chi connectivity index (χ4v) is 5.50. The molecule has 0 bridgehead atoms. The molecule has 3 aromatic carbocycles. The van der Waals surface area contributed by atoms with E-state index in [1.54, 1.807) is 44.2 Å². The summed E-state index contributed by atoms with van der Waals surface area (Å²) in [5.41, 5.74) is 0.661. The highest BCUT2D eigenvalue weighted by Gasteiger charge is 2.25. The van der Waals surface area contributed by atoms with E-state index in [4.69, 9.17) is 4.52 Å². The second-order valence-corrected chi connectivity index (χ2v) is 9.22. The van der Waals surface area contributed by atoms with Crippen molar-refractivity contribution in [1.82, 2.24) is 5.16 Å². The van der Waals surface area contributed by atoms with Crippen LogP contribution in [0.4, 0.5) is 5.69 Å². The van der Waals surface area contributed by atoms with Crippen molar-refractivity contribution in [1.29, 1.82) is 0 Å². The molecule has 0 aliphatic heterocycles. The lowest BCUT2D eigenvalue weighted by molar-refractivity contribution is 0.390. The molecular weight excluding hydrogens is 408 g/mol. The zero-order valence-corrected chi connectivity index (χ0v) is 17.3. The van der Waals surface area contributed by atoms with Crippen molar-refractivity contribution in [3.63, 3.8) is 0 Å². The van der Waals surface area contributed by atoms with Gasteiger partial charge in [-0.25, -0.2) is 8.42 Å². The number of hydrogen-bond donors (Lipinski definition) is 2. The molecule has 4 rings (SSSR count). The van der Waals surface area contributed by atoms with Gasteiger partial charge in [0.2, 0.25) is 0 Å². The highest BCUT2D eigenvalue weighted by molar-refractivity contribution is 7.99. The standard InChI is InChI=1S/C21H18N2O4S2/c1-13-21(14(2)27-22-13)29(25,26)23-18-12-19(28-15-8-4-3-5-9-15)20(24)17-11-7-6-10-16(17)18/h3-12,23-24H,1-2H3. The van der Waals surface area contributed by atoms with Crippen molar-refractivity contribution in [2.75, 3.05) is 4.72 Å². The molecule has 6 nitrogen and oxygen atoms in total. The lowest BCUT2D eigenvalue weighted by Crippen LogP contribution is -2.14. The third-order valence-corrected chi connectivity index (χ3v) is 7.08. The SMILES string of the molecule is Cc1noc(C)c1S(=O)(=O)Nc1cc(Sc2ccccc2)c(O)c2ccccc12. The van der Waals surface area contributed by atoms with Gasteiger partial charge < -0.3 is 9.63 Å². The van der Waals surface area contributed by atoms with E-state index in [-0.39, 0.29) is 22.1 Å². The number of nitrogens with zero attached hydrogens (tertiary/aromatic N) is 1. The number of benzene rings is 3. The number of aromatic hydroxyl groups is 1. The number of hydrogen-bond acceptors (Lipinski definition) is 6. The van der Waals surface area contributed by atoms with Crippen LogP contribution in [0.2, 0.25) is 0 Å². The summed E-state index contributed by atoms with van der Waals surface area (Å²) in [6.45, 7) is 3.14. The van der Waals surface area contributed by atoms with Gasteiger partial charge in [-0.3, -0.25) is 4.72 Å². The highest BCUT2D eigenvalue weighted by atomic mass is 32.2. The summed E-state index contributed by atoms with van der Waals surface area (Å²) in [5.74, 6) is 0.326. The Kier molecular flexibility index (Phi) is 4.97. The lowest BCUT2D eigenvalue weighted by Gasteiger charge is -2.15. The highest BCUT2D eigenvalue weighted by Crippen LogP contribution is 2.43. The van der Waals surface area contributed by atoms with Gasteiger partial charge in [-0.15, -0.1) is 0 Å². The van der Waals surface area contributed by atoms with Crippen LogP contribution in [0.5, 0.6) is 5.75 Å². The number of aryl methyl sites for hydroxylation is 2. The van der Waals surface area contributed by atoms with Crippen LogP contribution in [0.25, 0.3) is 10.8 Å². The Morgan fingerprint density at radius 3 is 2.31 bits per heavy atom. The number of fused-ring (bicyclic) bond motifs is 1. The van der Waals surface area contributed by atoms with Crippen LogP contribution in [-0.4, -0.2) is 18.7 Å². The second kappa shape index (κ2) is 7.46. The Morgan fingerprint density at radius 1 is 1.00 bits per heavy atom. The first-order valence-corrected chi connectivity index (χ1v) is 11.1. The minimum Gasteiger partial charge on any atom is -0.506 e. The van der Waals surface area contributed by atoms with Gasteiger partial charge in [0.1, 0.15) is 11.4 Å². The van der Waals surface area contributed by atoms with Gasteiger partial charge in [-0.2, -0.15) is 0 Å². The van der Waals surface area contributed by atoms with Crippen molar-refractivity contribution < 1.29 is 18.0 Å². The van der Waals surface area contributed by atoms with Gasteiger partial charge in [-0.1, -0.05) is 59.4 Å². The minimum absolute atomic E-state index is 0.0203. The Labute approximate surface area is 172 Å². The molecule has 1 heterocycles. The number of rotatable bonds is 5. The average molecular weight is 427 g/mol. The molecule has 0 fully saturated rings. The predicted octanol–water partition coefficient (Wildman–Crippen LogP) is 5.10. The van der Waals surface area contributed by atoms with Crippen LogP contribution >= 0.6 is 11.8 Å². The second-order valence-electron chi connectivity index (χ2n) is 6.49. The number of nitrogens with one attached hydrogen (secondary N) is 1. The molecule has 0 radical (unpaired) electrons. The topological polar surface area (TPSA) is 92.4 Å². The van der Waals surface area contributed by atoms with Gasteiger partial charge in [-0.05, 0) is 32.0 Å². The Balaban J connectivity index is 1.84. The van der Waals surface area contributed by atoms with Crippen molar-refractivity contribution in [2.45, 2.75) is 28.5 Å². The van der Waals surface area contributed by atoms with Crippen LogP contribution < -0.4 is 4.72 Å². The quantitative estimate of drug-likeness (QED) is 0.431. The van der Waals surface area contributed by atoms with Crippen molar-refractivity contribution in [2.24, 2.45) is 0 Å². The summed E-state index contributed by atoms with van der Waals surface area (Å²) in [6, 6.07) is 18.3. The maximum Gasteiger partial charge on any atom is 0.267 e. The number of phenolic OH excluding ortho intramolecular Hbond substituents is 1. The van der Waals surface area contributed by atoms with Crippen molar-refractivity contribution >= 4 is 38.2 Å². The molecule has 0 amide bonds. The maximum atomic E-state index is 13.0. The number of anilines is 1. The summed E-state index contributed by atoms with van der Waals surface area (Å²) in [7, 11) is -3.92. The van der Waals surface area contributed by atoms with Gasteiger partial charge in [0.05, 0.1) is 10.6 Å². The largest absolute Gasteiger partial charge is 0.506 e. The molecule has 0 atom stereocenters. The summed E-state index contributed by atoms with van der Waals surface area (Å²) in [6.07, 6.45) is 0. The fraction of sp³-hybridized carbons (Fsp3) is 0.0952. The van der Waals surface area contributed by atoms with E-state index in [0.717, 1.165) is 4.90 Å². The number of aromatic nitrogens is 1. The smallest absolute Gasteiger partial charge is 0.267 e. The van der Waals surface area contributed by atoms with Gasteiger partial charge in [0.15, 0.2) is 10.7 Å². The van der Waals surface area contributed by atoms with E-state index in [0.29, 0.717) is 21.4 Å². The van der Waals surface area contributed by atoms with Crippen LogP contribution in [0.15, 0.2) is 79.9 Å². The molecule has 4 aromatic rings. The summed E-state index contributed by atoms with van der Waals surface area (Å²) in [4.78, 5) is 1.50. The van der Waals surface area contributed by atoms with E-state index in [2.05, 4.69) is 9.88 Å². The minimum atomic E-state index is -3.92. The van der Waals surface area contributed by atoms with Gasteiger partial charge in [0.25, 0.3) is 10.0 Å². The molecule has 8 heteroatoms. The molecule has 0 aliphatic rings. The Bertz CT molecular complexity index is 1280. The first-order chi connectivity index (χ1) is 13.9. The fourth-order valence-electron chi connectivity index (χ4n) is 3.17. The molecule has 1 aromatic heterocycles. The molecule has 2 N–H and O–H groups in total. The molecule has 0 aliphatic carbocycles. The van der Waals surface area contributed by atoms with E-state index in [1.165, 1.54) is 11.8 Å². The monoisotopic (exact) mass is 426 g/mol. The van der Waals surface area contributed by atoms with E-state index in [9.17, 15) is 13.5 Å². The zero-order valence-electron chi connectivity index (χ0n) is 15.7. The molecule has 0 spiro atoms. The van der Waals surface area contributed by atoms with Crippen LogP contribution in [0, 0.1) is 13.8 Å². The Morgan fingerprint density at radius 2 is 1.66 bits per heavy atom. The maximum absolute atomic E-state index is 13.0. The van der Waals surface area contributed by atoms with E-state index in [1.807, 2.05) is 30.3 Å². The van der Waals surface area contributed by atoms with Gasteiger partial charge in [0, 0.05) is 15.7 Å². The zero-order chi connectivity index (χ0) is 20.6. The predicted molar refractivity (Wildman–Crippen MR) is 113 cm³/mol. The summed E-state index contributed by atoms with van der Waals surface area (Å²) in [5, 5.41) is 15.7. The van der Waals surface area contributed by atoms with E-state index >= 15 is 0 Å². The first-order valence-electron chi connectivity index (χ1n) is 8.80. The van der Waals surface area contributed by atoms with E-state index < -0.39 is 10.0 Å². The van der Waals surface area contributed by atoms with Crippen LogP contribution in [0.1, 0.15) is 11.5 Å². The molecule has 148 valence electrons. The normalized spacial score (nSPS) is 11.7. The first kappa shape index (κ1) is 19.4. The molecule has 29 heavy (non-hydrogen) atoms. The third-order valence-electron chi connectivity index (χ3n) is 4.43. The van der Waals surface area contributed by atoms with Gasteiger partial charge >= 0.3 is 0 Å². The van der Waals surface area contributed by atoms with Crippen LogP contribution in [0.3, 0.4) is 0 Å². The molecular formula is C21H18N2O4S2. The molecule has 0 saturated carbocycles. The van der Waals surface area contributed by atoms with Crippen molar-refractivity contribution in [3.8, 4) is 5.75 Å². The number of phenols is 1.